The van der Waals surface area contributed by atoms with Crippen LogP contribution in [0, 0.1) is 0 Å². The summed E-state index contributed by atoms with van der Waals surface area (Å²) in [6.07, 6.45) is 1.73. The zero-order chi connectivity index (χ0) is 15.6. The molecule has 0 bridgehead atoms. The molecule has 0 spiro atoms. The van der Waals surface area contributed by atoms with Crippen LogP contribution in [0.3, 0.4) is 0 Å². The Kier molecular flexibility index (Phi) is 3.51. The first-order chi connectivity index (χ1) is 11.3. The molecule has 0 atom stereocenters. The lowest BCUT2D eigenvalue weighted by molar-refractivity contribution is 0.122. The van der Waals surface area contributed by atoms with Crippen LogP contribution < -0.4 is 4.90 Å². The van der Waals surface area contributed by atoms with Gasteiger partial charge in [0.25, 0.3) is 0 Å². The predicted octanol–water partition coefficient (Wildman–Crippen LogP) is 2.23. The highest BCUT2D eigenvalue weighted by molar-refractivity contribution is 5.88. The van der Waals surface area contributed by atoms with Crippen molar-refractivity contribution >= 4 is 16.9 Å². The van der Waals surface area contributed by atoms with E-state index >= 15 is 0 Å². The number of ether oxygens (including phenoxy) is 1. The molecule has 1 aromatic carbocycles. The molecule has 0 radical (unpaired) electrons. The molecule has 0 saturated carbocycles. The number of benzene rings is 1. The van der Waals surface area contributed by atoms with Crippen molar-refractivity contribution in [1.29, 1.82) is 0 Å². The predicted molar refractivity (Wildman–Crippen MR) is 87.5 cm³/mol. The van der Waals surface area contributed by atoms with E-state index in [4.69, 9.17) is 9.72 Å². The van der Waals surface area contributed by atoms with Crippen molar-refractivity contribution in [1.82, 2.24) is 15.0 Å². The summed E-state index contributed by atoms with van der Waals surface area (Å²) in [5.41, 5.74) is 1.43. The molecule has 23 heavy (non-hydrogen) atoms. The number of rotatable bonds is 2. The van der Waals surface area contributed by atoms with Gasteiger partial charge in [0.15, 0.2) is 11.5 Å². The lowest BCUT2D eigenvalue weighted by Crippen LogP contribution is -2.37. The average molecular weight is 308 g/mol. The van der Waals surface area contributed by atoms with Crippen molar-refractivity contribution in [2.45, 2.75) is 0 Å². The number of phenols is 1. The first-order valence-corrected chi connectivity index (χ1v) is 7.56. The van der Waals surface area contributed by atoms with Gasteiger partial charge in [-0.05, 0) is 24.3 Å². The number of phenolic OH excluding ortho intramolecular Hbond substituents is 1. The molecule has 3 heterocycles. The van der Waals surface area contributed by atoms with Crippen LogP contribution in [0.4, 0.5) is 5.82 Å². The SMILES string of the molecule is Oc1cccc(-c2nc(N3CCOCC3)c3cccnc3n2)c1. The minimum atomic E-state index is 0.195. The van der Waals surface area contributed by atoms with Crippen molar-refractivity contribution < 1.29 is 9.84 Å². The molecule has 6 heteroatoms. The summed E-state index contributed by atoms with van der Waals surface area (Å²) in [6.45, 7) is 2.96. The zero-order valence-corrected chi connectivity index (χ0v) is 12.5. The minimum absolute atomic E-state index is 0.195. The number of anilines is 1. The third-order valence-corrected chi connectivity index (χ3v) is 3.87. The second kappa shape index (κ2) is 5.81. The number of aromatic nitrogens is 3. The number of fused-ring (bicyclic) bond motifs is 1. The molecular weight excluding hydrogens is 292 g/mol. The van der Waals surface area contributed by atoms with Crippen LogP contribution in [0.1, 0.15) is 0 Å². The third-order valence-electron chi connectivity index (χ3n) is 3.87. The highest BCUT2D eigenvalue weighted by atomic mass is 16.5. The summed E-state index contributed by atoms with van der Waals surface area (Å²) >= 11 is 0. The summed E-state index contributed by atoms with van der Waals surface area (Å²) in [5, 5.41) is 10.6. The summed E-state index contributed by atoms with van der Waals surface area (Å²) < 4.78 is 5.43. The van der Waals surface area contributed by atoms with Gasteiger partial charge in [-0.15, -0.1) is 0 Å². The molecule has 1 aliphatic heterocycles. The normalized spacial score (nSPS) is 15.0. The van der Waals surface area contributed by atoms with E-state index in [2.05, 4.69) is 14.9 Å². The fourth-order valence-corrected chi connectivity index (χ4v) is 2.74. The van der Waals surface area contributed by atoms with Crippen LogP contribution in [-0.4, -0.2) is 46.4 Å². The summed E-state index contributed by atoms with van der Waals surface area (Å²) in [5.74, 6) is 1.62. The summed E-state index contributed by atoms with van der Waals surface area (Å²) in [7, 11) is 0. The van der Waals surface area contributed by atoms with Gasteiger partial charge in [-0.25, -0.2) is 15.0 Å². The Balaban J connectivity index is 1.89. The van der Waals surface area contributed by atoms with Gasteiger partial charge in [0.1, 0.15) is 11.6 Å². The van der Waals surface area contributed by atoms with Gasteiger partial charge in [-0.1, -0.05) is 12.1 Å². The molecule has 2 aromatic heterocycles. The third kappa shape index (κ3) is 2.68. The molecular formula is C17H16N4O2. The Labute approximate surface area is 133 Å². The van der Waals surface area contributed by atoms with Gasteiger partial charge in [-0.3, -0.25) is 0 Å². The van der Waals surface area contributed by atoms with Crippen LogP contribution >= 0.6 is 0 Å². The number of hydrogen-bond acceptors (Lipinski definition) is 6. The maximum Gasteiger partial charge on any atom is 0.165 e. The lowest BCUT2D eigenvalue weighted by Gasteiger charge is -2.28. The van der Waals surface area contributed by atoms with Crippen molar-refractivity contribution in [2.24, 2.45) is 0 Å². The van der Waals surface area contributed by atoms with E-state index < -0.39 is 0 Å². The standard InChI is InChI=1S/C17H16N4O2/c22-13-4-1-3-12(11-13)15-19-16-14(5-2-6-18-16)17(20-15)21-7-9-23-10-8-21/h1-6,11,22H,7-10H2. The highest BCUT2D eigenvalue weighted by Gasteiger charge is 2.18. The van der Waals surface area contributed by atoms with E-state index in [1.807, 2.05) is 18.2 Å². The number of hydrogen-bond donors (Lipinski definition) is 1. The fourth-order valence-electron chi connectivity index (χ4n) is 2.74. The monoisotopic (exact) mass is 308 g/mol. The Morgan fingerprint density at radius 2 is 1.91 bits per heavy atom. The first-order valence-electron chi connectivity index (χ1n) is 7.56. The summed E-state index contributed by atoms with van der Waals surface area (Å²) in [4.78, 5) is 15.9. The van der Waals surface area contributed by atoms with Gasteiger partial charge >= 0.3 is 0 Å². The van der Waals surface area contributed by atoms with Crippen LogP contribution in [0.15, 0.2) is 42.6 Å². The van der Waals surface area contributed by atoms with Gasteiger partial charge in [0.05, 0.1) is 18.6 Å². The zero-order valence-electron chi connectivity index (χ0n) is 12.5. The maximum absolute atomic E-state index is 9.71. The van der Waals surface area contributed by atoms with Gasteiger partial charge < -0.3 is 14.7 Å². The van der Waals surface area contributed by atoms with Gasteiger partial charge in [0.2, 0.25) is 0 Å². The molecule has 3 aromatic rings. The minimum Gasteiger partial charge on any atom is -0.508 e. The van der Waals surface area contributed by atoms with Gasteiger partial charge in [0, 0.05) is 24.8 Å². The molecule has 1 aliphatic rings. The van der Waals surface area contributed by atoms with E-state index in [9.17, 15) is 5.11 Å². The average Bonchev–Trinajstić information content (AvgIpc) is 2.61. The van der Waals surface area contributed by atoms with Crippen molar-refractivity contribution in [3.05, 3.63) is 42.6 Å². The smallest absolute Gasteiger partial charge is 0.165 e. The summed E-state index contributed by atoms with van der Waals surface area (Å²) in [6, 6.07) is 10.8. The van der Waals surface area contributed by atoms with E-state index in [0.29, 0.717) is 24.7 Å². The van der Waals surface area contributed by atoms with Crippen molar-refractivity contribution in [2.75, 3.05) is 31.2 Å². The van der Waals surface area contributed by atoms with Gasteiger partial charge in [-0.2, -0.15) is 0 Å². The Morgan fingerprint density at radius 1 is 1.04 bits per heavy atom. The molecule has 4 rings (SSSR count). The Bertz CT molecular complexity index is 847. The fraction of sp³-hybridized carbons (Fsp3) is 0.235. The topological polar surface area (TPSA) is 71.4 Å². The maximum atomic E-state index is 9.71. The molecule has 0 amide bonds. The van der Waals surface area contributed by atoms with Crippen molar-refractivity contribution in [3.8, 4) is 17.1 Å². The second-order valence-electron chi connectivity index (χ2n) is 5.40. The lowest BCUT2D eigenvalue weighted by atomic mass is 10.2. The Hall–Kier alpha value is -2.73. The first kappa shape index (κ1) is 13.9. The van der Waals surface area contributed by atoms with Crippen LogP contribution in [0.25, 0.3) is 22.4 Å². The number of morpholine rings is 1. The molecule has 1 N–H and O–H groups in total. The largest absolute Gasteiger partial charge is 0.508 e. The quantitative estimate of drug-likeness (QED) is 0.783. The second-order valence-corrected chi connectivity index (χ2v) is 5.40. The van der Waals surface area contributed by atoms with E-state index in [0.717, 1.165) is 29.9 Å². The van der Waals surface area contributed by atoms with Crippen molar-refractivity contribution in [3.63, 3.8) is 0 Å². The van der Waals surface area contributed by atoms with Crippen LogP contribution in [0.2, 0.25) is 0 Å². The van der Waals surface area contributed by atoms with E-state index in [1.54, 1.807) is 24.4 Å². The van der Waals surface area contributed by atoms with Crippen LogP contribution in [0.5, 0.6) is 5.75 Å². The molecule has 0 aliphatic carbocycles. The number of pyridine rings is 1. The number of aromatic hydroxyl groups is 1. The molecule has 1 fully saturated rings. The molecule has 1 saturated heterocycles. The highest BCUT2D eigenvalue weighted by Crippen LogP contribution is 2.28. The van der Waals surface area contributed by atoms with E-state index in [1.165, 1.54) is 0 Å². The number of nitrogens with zero attached hydrogens (tertiary/aromatic N) is 4. The van der Waals surface area contributed by atoms with Crippen LogP contribution in [-0.2, 0) is 4.74 Å². The Morgan fingerprint density at radius 3 is 2.74 bits per heavy atom. The molecule has 116 valence electrons. The van der Waals surface area contributed by atoms with E-state index in [-0.39, 0.29) is 5.75 Å². The molecule has 0 unspecified atom stereocenters. The molecule has 6 nitrogen and oxygen atoms in total.